The second-order valence-corrected chi connectivity index (χ2v) is 5.72. The number of hydrogen-bond acceptors (Lipinski definition) is 4. The van der Waals surface area contributed by atoms with Crippen LogP contribution in [0.3, 0.4) is 0 Å². The lowest BCUT2D eigenvalue weighted by molar-refractivity contribution is -0.0898. The molecule has 1 fully saturated rings. The molecule has 2 unspecified atom stereocenters. The SMILES string of the molecule is CCNC(c1ccc(OC)cc1OC)C1(C)CCCCO1. The van der Waals surface area contributed by atoms with Crippen molar-refractivity contribution in [3.63, 3.8) is 0 Å². The first-order valence-electron chi connectivity index (χ1n) is 7.74. The van der Waals surface area contributed by atoms with Gasteiger partial charge in [-0.1, -0.05) is 6.92 Å². The second kappa shape index (κ2) is 7.14. The van der Waals surface area contributed by atoms with Gasteiger partial charge >= 0.3 is 0 Å². The van der Waals surface area contributed by atoms with Crippen LogP contribution in [0.15, 0.2) is 18.2 Å². The fourth-order valence-electron chi connectivity index (χ4n) is 3.10. The van der Waals surface area contributed by atoms with Crippen molar-refractivity contribution in [2.45, 2.75) is 44.8 Å². The van der Waals surface area contributed by atoms with Crippen molar-refractivity contribution in [1.82, 2.24) is 5.32 Å². The molecule has 0 saturated carbocycles. The van der Waals surface area contributed by atoms with Crippen molar-refractivity contribution in [1.29, 1.82) is 0 Å². The zero-order valence-electron chi connectivity index (χ0n) is 13.6. The van der Waals surface area contributed by atoms with Crippen molar-refractivity contribution >= 4 is 0 Å². The molecule has 1 heterocycles. The Balaban J connectivity index is 2.37. The molecule has 1 aliphatic heterocycles. The fraction of sp³-hybridized carbons (Fsp3) is 0.647. The minimum atomic E-state index is -0.198. The molecule has 2 atom stereocenters. The second-order valence-electron chi connectivity index (χ2n) is 5.72. The Hall–Kier alpha value is -1.26. The molecule has 0 amide bonds. The quantitative estimate of drug-likeness (QED) is 0.873. The normalized spacial score (nSPS) is 23.6. The Kier molecular flexibility index (Phi) is 5.48. The Morgan fingerprint density at radius 2 is 2.10 bits per heavy atom. The minimum Gasteiger partial charge on any atom is -0.497 e. The molecular formula is C17H27NO3. The Morgan fingerprint density at radius 1 is 1.29 bits per heavy atom. The first kappa shape index (κ1) is 16.1. The van der Waals surface area contributed by atoms with Crippen LogP contribution in [0.1, 0.15) is 44.7 Å². The molecule has 1 N–H and O–H groups in total. The van der Waals surface area contributed by atoms with Crippen LogP contribution >= 0.6 is 0 Å². The van der Waals surface area contributed by atoms with Crippen LogP contribution in [0.5, 0.6) is 11.5 Å². The predicted molar refractivity (Wildman–Crippen MR) is 84.2 cm³/mol. The Labute approximate surface area is 127 Å². The van der Waals surface area contributed by atoms with Crippen LogP contribution in [-0.4, -0.2) is 33.0 Å². The van der Waals surface area contributed by atoms with E-state index in [0.717, 1.165) is 43.1 Å². The lowest BCUT2D eigenvalue weighted by Crippen LogP contribution is -2.46. The van der Waals surface area contributed by atoms with Crippen LogP contribution < -0.4 is 14.8 Å². The van der Waals surface area contributed by atoms with Crippen molar-refractivity contribution in [2.24, 2.45) is 0 Å². The summed E-state index contributed by atoms with van der Waals surface area (Å²) in [4.78, 5) is 0. The molecule has 4 nitrogen and oxygen atoms in total. The van der Waals surface area contributed by atoms with E-state index in [0.29, 0.717) is 0 Å². The van der Waals surface area contributed by atoms with E-state index in [1.807, 2.05) is 12.1 Å². The van der Waals surface area contributed by atoms with Gasteiger partial charge in [0.2, 0.25) is 0 Å². The highest BCUT2D eigenvalue weighted by atomic mass is 16.5. The van der Waals surface area contributed by atoms with Gasteiger partial charge in [-0.25, -0.2) is 0 Å². The molecule has 0 aliphatic carbocycles. The first-order chi connectivity index (χ1) is 10.1. The van der Waals surface area contributed by atoms with Crippen LogP contribution in [-0.2, 0) is 4.74 Å². The van der Waals surface area contributed by atoms with Crippen molar-refractivity contribution in [2.75, 3.05) is 27.4 Å². The van der Waals surface area contributed by atoms with Gasteiger partial charge in [0.15, 0.2) is 0 Å². The Morgan fingerprint density at radius 3 is 2.67 bits per heavy atom. The molecule has 118 valence electrons. The van der Waals surface area contributed by atoms with Gasteiger partial charge in [0.05, 0.1) is 25.9 Å². The number of likely N-dealkylation sites (N-methyl/N-ethyl adjacent to an activating group) is 1. The molecule has 0 radical (unpaired) electrons. The molecule has 1 aliphatic rings. The van der Waals surface area contributed by atoms with Crippen LogP contribution in [0.2, 0.25) is 0 Å². The Bertz CT molecular complexity index is 455. The summed E-state index contributed by atoms with van der Waals surface area (Å²) in [6.45, 7) is 6.04. The molecule has 0 aromatic heterocycles. The number of benzene rings is 1. The highest BCUT2D eigenvalue weighted by Gasteiger charge is 2.38. The number of nitrogens with one attached hydrogen (secondary N) is 1. The van der Waals surface area contributed by atoms with E-state index in [1.165, 1.54) is 6.42 Å². The minimum absolute atomic E-state index is 0.114. The van der Waals surface area contributed by atoms with Crippen molar-refractivity contribution in [3.05, 3.63) is 23.8 Å². The third-order valence-corrected chi connectivity index (χ3v) is 4.27. The summed E-state index contributed by atoms with van der Waals surface area (Å²) in [7, 11) is 3.37. The number of methoxy groups -OCH3 is 2. The fourth-order valence-corrected chi connectivity index (χ4v) is 3.10. The molecule has 21 heavy (non-hydrogen) atoms. The van der Waals surface area contributed by atoms with Crippen LogP contribution in [0.4, 0.5) is 0 Å². The monoisotopic (exact) mass is 293 g/mol. The summed E-state index contributed by atoms with van der Waals surface area (Å²) in [5.41, 5.74) is 0.931. The number of ether oxygens (including phenoxy) is 3. The summed E-state index contributed by atoms with van der Waals surface area (Å²) in [6.07, 6.45) is 3.41. The third kappa shape index (κ3) is 3.50. The van der Waals surface area contributed by atoms with Gasteiger partial charge in [0, 0.05) is 18.2 Å². The highest BCUT2D eigenvalue weighted by Crippen LogP contribution is 2.40. The number of hydrogen-bond donors (Lipinski definition) is 1. The van der Waals surface area contributed by atoms with E-state index in [-0.39, 0.29) is 11.6 Å². The van der Waals surface area contributed by atoms with Gasteiger partial charge in [-0.15, -0.1) is 0 Å². The molecule has 1 aromatic rings. The maximum absolute atomic E-state index is 6.14. The molecule has 0 spiro atoms. The van der Waals surface area contributed by atoms with E-state index in [4.69, 9.17) is 14.2 Å². The van der Waals surface area contributed by atoms with Gasteiger partial charge in [0.25, 0.3) is 0 Å². The zero-order chi connectivity index (χ0) is 15.3. The topological polar surface area (TPSA) is 39.7 Å². The van der Waals surface area contributed by atoms with Gasteiger partial charge in [0.1, 0.15) is 11.5 Å². The van der Waals surface area contributed by atoms with E-state index in [9.17, 15) is 0 Å². The summed E-state index contributed by atoms with van der Waals surface area (Å²) in [5.74, 6) is 1.65. The van der Waals surface area contributed by atoms with E-state index in [1.54, 1.807) is 14.2 Å². The summed E-state index contributed by atoms with van der Waals surface area (Å²) >= 11 is 0. The standard InChI is InChI=1S/C17H27NO3/c1-5-18-16(17(2)10-6-7-11-21-17)14-9-8-13(19-3)12-15(14)20-4/h8-9,12,16,18H,5-7,10-11H2,1-4H3. The van der Waals surface area contributed by atoms with E-state index in [2.05, 4.69) is 25.2 Å². The van der Waals surface area contributed by atoms with Crippen LogP contribution in [0.25, 0.3) is 0 Å². The maximum Gasteiger partial charge on any atom is 0.127 e. The van der Waals surface area contributed by atoms with E-state index < -0.39 is 0 Å². The predicted octanol–water partition coefficient (Wildman–Crippen LogP) is 3.31. The maximum atomic E-state index is 6.14. The van der Waals surface area contributed by atoms with Gasteiger partial charge < -0.3 is 19.5 Å². The molecule has 2 rings (SSSR count). The average molecular weight is 293 g/mol. The molecule has 0 bridgehead atoms. The molecule has 1 saturated heterocycles. The summed E-state index contributed by atoms with van der Waals surface area (Å²) in [5, 5.41) is 3.58. The molecule has 1 aromatic carbocycles. The number of rotatable bonds is 6. The molecule has 4 heteroatoms. The third-order valence-electron chi connectivity index (χ3n) is 4.27. The average Bonchev–Trinajstić information content (AvgIpc) is 2.52. The zero-order valence-corrected chi connectivity index (χ0v) is 13.6. The molecular weight excluding hydrogens is 266 g/mol. The van der Waals surface area contributed by atoms with E-state index >= 15 is 0 Å². The van der Waals surface area contributed by atoms with Crippen molar-refractivity contribution in [3.8, 4) is 11.5 Å². The van der Waals surface area contributed by atoms with Gasteiger partial charge in [-0.05, 0) is 44.9 Å². The summed E-state index contributed by atoms with van der Waals surface area (Å²) in [6, 6.07) is 6.11. The first-order valence-corrected chi connectivity index (χ1v) is 7.74. The largest absolute Gasteiger partial charge is 0.497 e. The summed E-state index contributed by atoms with van der Waals surface area (Å²) < 4.78 is 17.0. The van der Waals surface area contributed by atoms with Crippen molar-refractivity contribution < 1.29 is 14.2 Å². The van der Waals surface area contributed by atoms with Gasteiger partial charge in [-0.3, -0.25) is 0 Å². The van der Waals surface area contributed by atoms with Crippen LogP contribution in [0, 0.1) is 0 Å². The lowest BCUT2D eigenvalue weighted by Gasteiger charge is -2.41. The smallest absolute Gasteiger partial charge is 0.127 e. The highest BCUT2D eigenvalue weighted by molar-refractivity contribution is 5.43. The van der Waals surface area contributed by atoms with Gasteiger partial charge in [-0.2, -0.15) is 0 Å². The lowest BCUT2D eigenvalue weighted by atomic mass is 9.83.